The van der Waals surface area contributed by atoms with Crippen molar-refractivity contribution in [2.75, 3.05) is 10.0 Å². The van der Waals surface area contributed by atoms with Crippen LogP contribution >= 0.6 is 0 Å². The molecule has 4 rings (SSSR count). The molecule has 2 aliphatic rings. The molecule has 0 fully saturated rings. The summed E-state index contributed by atoms with van der Waals surface area (Å²) in [5.41, 5.74) is 2.62. The third kappa shape index (κ3) is 3.51. The summed E-state index contributed by atoms with van der Waals surface area (Å²) >= 11 is 0. The number of anilines is 2. The fourth-order valence-electron chi connectivity index (χ4n) is 3.65. The molecule has 0 unspecified atom stereocenters. The Hall–Kier alpha value is -2.54. The van der Waals surface area contributed by atoms with Crippen molar-refractivity contribution in [3.8, 4) is 5.75 Å². The van der Waals surface area contributed by atoms with Crippen LogP contribution < -0.4 is 14.8 Å². The first-order valence-electron chi connectivity index (χ1n) is 9.00. The van der Waals surface area contributed by atoms with Gasteiger partial charge in [0.1, 0.15) is 16.2 Å². The lowest BCUT2D eigenvalue weighted by Gasteiger charge is -2.18. The first-order valence-corrected chi connectivity index (χ1v) is 10.5. The SMILES string of the molecule is CC1(C)Cc2cccc(S(=O)(=O)Nc3ccc4c(c3)CCCC(=O)N4)c2O1. The summed E-state index contributed by atoms with van der Waals surface area (Å²) in [4.78, 5) is 11.8. The van der Waals surface area contributed by atoms with Crippen LogP contribution in [0.15, 0.2) is 41.3 Å². The van der Waals surface area contributed by atoms with Gasteiger partial charge in [-0.2, -0.15) is 0 Å². The normalized spacial score (nSPS) is 17.9. The molecule has 0 atom stereocenters. The highest BCUT2D eigenvalue weighted by Crippen LogP contribution is 2.40. The molecule has 2 aromatic rings. The predicted molar refractivity (Wildman–Crippen MR) is 104 cm³/mol. The van der Waals surface area contributed by atoms with E-state index in [1.807, 2.05) is 19.9 Å². The maximum absolute atomic E-state index is 13.0. The summed E-state index contributed by atoms with van der Waals surface area (Å²) in [6.07, 6.45) is 2.61. The number of aryl methyl sites for hydroxylation is 1. The molecule has 0 bridgehead atoms. The van der Waals surface area contributed by atoms with Gasteiger partial charge in [-0.1, -0.05) is 12.1 Å². The molecule has 0 spiro atoms. The van der Waals surface area contributed by atoms with Gasteiger partial charge in [0.05, 0.1) is 0 Å². The second-order valence-corrected chi connectivity index (χ2v) is 9.31. The van der Waals surface area contributed by atoms with Crippen molar-refractivity contribution in [3.63, 3.8) is 0 Å². The van der Waals surface area contributed by atoms with Crippen LogP contribution in [0.2, 0.25) is 0 Å². The third-order valence-electron chi connectivity index (χ3n) is 4.83. The maximum atomic E-state index is 13.0. The predicted octanol–water partition coefficient (Wildman–Crippen LogP) is 3.48. The second-order valence-electron chi connectivity index (χ2n) is 7.66. The number of hydrogen-bond donors (Lipinski definition) is 2. The number of ether oxygens (including phenoxy) is 1. The topological polar surface area (TPSA) is 84.5 Å². The summed E-state index contributed by atoms with van der Waals surface area (Å²) in [6, 6.07) is 10.4. The zero-order chi connectivity index (χ0) is 19.2. The maximum Gasteiger partial charge on any atom is 0.265 e. The molecule has 2 aromatic carbocycles. The van der Waals surface area contributed by atoms with Gasteiger partial charge in [-0.05, 0) is 62.1 Å². The molecule has 2 N–H and O–H groups in total. The van der Waals surface area contributed by atoms with E-state index in [1.165, 1.54) is 0 Å². The average molecular weight is 386 g/mol. The largest absolute Gasteiger partial charge is 0.486 e. The number of fused-ring (bicyclic) bond motifs is 2. The standard InChI is InChI=1S/C20H22N2O4S/c1-20(2)12-14-6-3-7-17(19(14)26-20)27(24,25)22-15-9-10-16-13(11-15)5-4-8-18(23)21-16/h3,6-7,9-11,22H,4-5,8,12H2,1-2H3,(H,21,23). The van der Waals surface area contributed by atoms with Crippen LogP contribution in [0, 0.1) is 0 Å². The van der Waals surface area contributed by atoms with E-state index >= 15 is 0 Å². The van der Waals surface area contributed by atoms with Gasteiger partial charge >= 0.3 is 0 Å². The van der Waals surface area contributed by atoms with E-state index in [4.69, 9.17) is 4.74 Å². The molecular formula is C20H22N2O4S. The molecule has 6 nitrogen and oxygen atoms in total. The number of para-hydroxylation sites is 1. The first-order chi connectivity index (χ1) is 12.7. The summed E-state index contributed by atoms with van der Waals surface area (Å²) in [5, 5.41) is 2.85. The van der Waals surface area contributed by atoms with E-state index in [0.717, 1.165) is 29.7 Å². The Kier molecular flexibility index (Phi) is 4.14. The molecule has 0 aliphatic carbocycles. The van der Waals surface area contributed by atoms with Gasteiger partial charge in [0.15, 0.2) is 0 Å². The average Bonchev–Trinajstić information content (AvgIpc) is 2.77. The zero-order valence-corrected chi connectivity index (χ0v) is 16.2. The van der Waals surface area contributed by atoms with Crippen LogP contribution in [-0.4, -0.2) is 19.9 Å². The van der Waals surface area contributed by atoms with Crippen molar-refractivity contribution in [3.05, 3.63) is 47.5 Å². The lowest BCUT2D eigenvalue weighted by molar-refractivity contribution is -0.116. The minimum atomic E-state index is -3.80. The molecule has 1 amide bonds. The Morgan fingerprint density at radius 2 is 1.93 bits per heavy atom. The number of sulfonamides is 1. The molecular weight excluding hydrogens is 364 g/mol. The van der Waals surface area contributed by atoms with E-state index in [0.29, 0.717) is 24.3 Å². The van der Waals surface area contributed by atoms with Gasteiger partial charge in [0, 0.05) is 24.2 Å². The second kappa shape index (κ2) is 6.27. The highest BCUT2D eigenvalue weighted by Gasteiger charge is 2.35. The monoisotopic (exact) mass is 386 g/mol. The third-order valence-corrected chi connectivity index (χ3v) is 6.23. The highest BCUT2D eigenvalue weighted by atomic mass is 32.2. The Balaban J connectivity index is 1.65. The summed E-state index contributed by atoms with van der Waals surface area (Å²) in [5.74, 6) is 0.415. The quantitative estimate of drug-likeness (QED) is 0.846. The van der Waals surface area contributed by atoms with E-state index in [-0.39, 0.29) is 10.8 Å². The molecule has 2 heterocycles. The molecule has 2 aliphatic heterocycles. The molecule has 0 aromatic heterocycles. The van der Waals surface area contributed by atoms with Crippen LogP contribution in [-0.2, 0) is 27.7 Å². The number of amides is 1. The summed E-state index contributed by atoms with van der Waals surface area (Å²) in [7, 11) is -3.80. The Morgan fingerprint density at radius 3 is 2.74 bits per heavy atom. The molecule has 142 valence electrons. The van der Waals surface area contributed by atoms with Crippen LogP contribution in [0.25, 0.3) is 0 Å². The van der Waals surface area contributed by atoms with Crippen molar-refractivity contribution in [2.45, 2.75) is 50.0 Å². The van der Waals surface area contributed by atoms with Gasteiger partial charge in [0.2, 0.25) is 5.91 Å². The summed E-state index contributed by atoms with van der Waals surface area (Å²) < 4.78 is 34.6. The first kappa shape index (κ1) is 17.9. The highest BCUT2D eigenvalue weighted by molar-refractivity contribution is 7.92. The lowest BCUT2D eigenvalue weighted by Crippen LogP contribution is -2.25. The number of carbonyl (C=O) groups is 1. The Morgan fingerprint density at radius 1 is 1.11 bits per heavy atom. The van der Waals surface area contributed by atoms with Gasteiger partial charge in [-0.25, -0.2) is 8.42 Å². The number of hydrogen-bond acceptors (Lipinski definition) is 4. The fraction of sp³-hybridized carbons (Fsp3) is 0.350. The Labute approximate surface area is 159 Å². The minimum absolute atomic E-state index is 0.0123. The fourth-order valence-corrected chi connectivity index (χ4v) is 4.87. The van der Waals surface area contributed by atoms with Crippen LogP contribution in [0.4, 0.5) is 11.4 Å². The number of nitrogens with one attached hydrogen (secondary N) is 2. The van der Waals surface area contributed by atoms with Gasteiger partial charge in [0.25, 0.3) is 10.0 Å². The van der Waals surface area contributed by atoms with Gasteiger partial charge < -0.3 is 10.1 Å². The van der Waals surface area contributed by atoms with Crippen molar-refractivity contribution < 1.29 is 17.9 Å². The molecule has 0 saturated heterocycles. The van der Waals surface area contributed by atoms with Gasteiger partial charge in [-0.15, -0.1) is 0 Å². The number of benzene rings is 2. The lowest BCUT2D eigenvalue weighted by atomic mass is 10.0. The molecule has 0 saturated carbocycles. The smallest absolute Gasteiger partial charge is 0.265 e. The van der Waals surface area contributed by atoms with Gasteiger partial charge in [-0.3, -0.25) is 9.52 Å². The van der Waals surface area contributed by atoms with E-state index in [9.17, 15) is 13.2 Å². The molecule has 7 heteroatoms. The van der Waals surface area contributed by atoms with Crippen molar-refractivity contribution in [1.82, 2.24) is 0 Å². The van der Waals surface area contributed by atoms with E-state index < -0.39 is 15.6 Å². The van der Waals surface area contributed by atoms with Crippen molar-refractivity contribution in [2.24, 2.45) is 0 Å². The van der Waals surface area contributed by atoms with Crippen LogP contribution in [0.5, 0.6) is 5.75 Å². The van der Waals surface area contributed by atoms with Crippen LogP contribution in [0.1, 0.15) is 37.8 Å². The van der Waals surface area contributed by atoms with E-state index in [1.54, 1.807) is 30.3 Å². The number of carbonyl (C=O) groups excluding carboxylic acids is 1. The van der Waals surface area contributed by atoms with E-state index in [2.05, 4.69) is 10.0 Å². The number of rotatable bonds is 3. The molecule has 0 radical (unpaired) electrons. The minimum Gasteiger partial charge on any atom is -0.486 e. The zero-order valence-electron chi connectivity index (χ0n) is 15.3. The van der Waals surface area contributed by atoms with Crippen LogP contribution in [0.3, 0.4) is 0 Å². The Bertz CT molecular complexity index is 1030. The molecule has 27 heavy (non-hydrogen) atoms. The van der Waals surface area contributed by atoms with Crippen molar-refractivity contribution >= 4 is 27.3 Å². The summed E-state index contributed by atoms with van der Waals surface area (Å²) in [6.45, 7) is 3.88. The van der Waals surface area contributed by atoms with Crippen molar-refractivity contribution in [1.29, 1.82) is 0 Å².